The highest BCUT2D eigenvalue weighted by Gasteiger charge is 2.23. The average molecular weight is 431 g/mol. The van der Waals surface area contributed by atoms with Crippen molar-refractivity contribution in [3.05, 3.63) is 52.6 Å². The minimum atomic E-state index is -0.354. The number of anilines is 1. The Morgan fingerprint density at radius 2 is 1.90 bits per heavy atom. The molecule has 2 heterocycles. The van der Waals surface area contributed by atoms with Crippen molar-refractivity contribution in [1.82, 2.24) is 5.32 Å². The van der Waals surface area contributed by atoms with E-state index in [9.17, 15) is 9.59 Å². The van der Waals surface area contributed by atoms with E-state index in [1.807, 2.05) is 39.0 Å². The van der Waals surface area contributed by atoms with E-state index in [-0.39, 0.29) is 29.2 Å². The van der Waals surface area contributed by atoms with Gasteiger partial charge < -0.3 is 29.0 Å². The molecule has 1 aromatic heterocycles. The smallest absolute Gasteiger partial charge is 0.258 e. The summed E-state index contributed by atoms with van der Waals surface area (Å²) in [7, 11) is 1.69. The summed E-state index contributed by atoms with van der Waals surface area (Å²) in [5, 5.41) is 2.79. The summed E-state index contributed by atoms with van der Waals surface area (Å²) >= 11 is 0. The average Bonchev–Trinajstić information content (AvgIpc) is 2.72. The van der Waals surface area contributed by atoms with E-state index in [0.29, 0.717) is 12.3 Å². The van der Waals surface area contributed by atoms with Gasteiger partial charge in [-0.2, -0.15) is 0 Å². The third kappa shape index (κ3) is 6.49. The largest absolute Gasteiger partial charge is 0.495 e. The number of amides is 1. The van der Waals surface area contributed by atoms with Crippen molar-refractivity contribution in [1.29, 1.82) is 0 Å². The molecule has 1 fully saturated rings. The Morgan fingerprint density at radius 3 is 2.55 bits per heavy atom. The summed E-state index contributed by atoms with van der Waals surface area (Å²) in [6.07, 6.45) is 1.30. The third-order valence-corrected chi connectivity index (χ3v) is 5.05. The van der Waals surface area contributed by atoms with Crippen molar-refractivity contribution in [2.45, 2.75) is 32.9 Å². The zero-order valence-electron chi connectivity index (χ0n) is 18.7. The van der Waals surface area contributed by atoms with Gasteiger partial charge in [-0.1, -0.05) is 12.1 Å². The van der Waals surface area contributed by atoms with Crippen LogP contribution >= 0.6 is 0 Å². The second kappa shape index (κ2) is 9.87. The van der Waals surface area contributed by atoms with Crippen molar-refractivity contribution in [2.24, 2.45) is 0 Å². The van der Waals surface area contributed by atoms with Gasteiger partial charge in [-0.15, -0.1) is 0 Å². The van der Waals surface area contributed by atoms with Gasteiger partial charge in [0.25, 0.3) is 5.91 Å². The molecular weight excluding hydrogens is 398 g/mol. The molecule has 8 nitrogen and oxygen atoms in total. The predicted molar refractivity (Wildman–Crippen MR) is 118 cm³/mol. The Labute approximate surface area is 182 Å². The van der Waals surface area contributed by atoms with Crippen LogP contribution in [0.3, 0.4) is 0 Å². The molecule has 8 heteroatoms. The lowest BCUT2D eigenvalue weighted by atomic mass is 10.1. The van der Waals surface area contributed by atoms with Crippen LogP contribution in [0.2, 0.25) is 0 Å². The maximum absolute atomic E-state index is 12.3. The van der Waals surface area contributed by atoms with E-state index in [1.54, 1.807) is 7.11 Å². The van der Waals surface area contributed by atoms with Crippen molar-refractivity contribution in [3.63, 3.8) is 0 Å². The lowest BCUT2D eigenvalue weighted by Crippen LogP contribution is -3.13. The Bertz CT molecular complexity index is 943. The molecule has 0 radical (unpaired) electrons. The monoisotopic (exact) mass is 430 g/mol. The number of hydrogen-bond acceptors (Lipinski definition) is 6. The maximum atomic E-state index is 12.3. The Kier molecular flexibility index (Phi) is 7.22. The van der Waals surface area contributed by atoms with E-state index in [0.717, 1.165) is 37.6 Å². The number of para-hydroxylation sites is 2. The van der Waals surface area contributed by atoms with E-state index < -0.39 is 0 Å². The van der Waals surface area contributed by atoms with Gasteiger partial charge in [0, 0.05) is 11.6 Å². The van der Waals surface area contributed by atoms with Gasteiger partial charge in [-0.05, 0) is 32.9 Å². The molecule has 2 N–H and O–H groups in total. The Balaban J connectivity index is 1.52. The van der Waals surface area contributed by atoms with Gasteiger partial charge in [-0.25, -0.2) is 0 Å². The quantitative estimate of drug-likeness (QED) is 0.678. The summed E-state index contributed by atoms with van der Waals surface area (Å²) in [6.45, 7) is 9.68. The van der Waals surface area contributed by atoms with E-state index >= 15 is 0 Å². The molecule has 1 amide bonds. The molecule has 0 bridgehead atoms. The molecule has 2 aromatic rings. The van der Waals surface area contributed by atoms with Crippen LogP contribution < -0.4 is 30.0 Å². The molecule has 1 aliphatic heterocycles. The summed E-state index contributed by atoms with van der Waals surface area (Å²) in [4.78, 5) is 27.9. The van der Waals surface area contributed by atoms with Crippen LogP contribution in [0.15, 0.2) is 45.8 Å². The fourth-order valence-corrected chi connectivity index (χ4v) is 3.61. The first-order valence-corrected chi connectivity index (χ1v) is 10.5. The molecule has 1 saturated heterocycles. The number of carbonyl (C=O) groups is 1. The topological polar surface area (TPSA) is 85.5 Å². The summed E-state index contributed by atoms with van der Waals surface area (Å²) in [5.74, 6) is 1.25. The molecule has 0 spiro atoms. The minimum Gasteiger partial charge on any atom is -0.495 e. The van der Waals surface area contributed by atoms with Crippen molar-refractivity contribution >= 4 is 11.6 Å². The van der Waals surface area contributed by atoms with Gasteiger partial charge in [0.1, 0.15) is 18.6 Å². The Morgan fingerprint density at radius 1 is 1.19 bits per heavy atom. The van der Waals surface area contributed by atoms with E-state index in [1.165, 1.54) is 17.2 Å². The zero-order valence-corrected chi connectivity index (χ0v) is 18.7. The molecule has 0 unspecified atom stereocenters. The van der Waals surface area contributed by atoms with Crippen LogP contribution in [0.25, 0.3) is 0 Å². The highest BCUT2D eigenvalue weighted by atomic mass is 16.5. The van der Waals surface area contributed by atoms with Gasteiger partial charge >= 0.3 is 0 Å². The van der Waals surface area contributed by atoms with Crippen LogP contribution in [0.4, 0.5) is 5.69 Å². The van der Waals surface area contributed by atoms with Gasteiger partial charge in [0.05, 0.1) is 39.0 Å². The van der Waals surface area contributed by atoms with Crippen molar-refractivity contribution < 1.29 is 23.6 Å². The van der Waals surface area contributed by atoms with Crippen LogP contribution in [0.1, 0.15) is 26.5 Å². The second-order valence-corrected chi connectivity index (χ2v) is 8.75. The van der Waals surface area contributed by atoms with Crippen LogP contribution in [-0.4, -0.2) is 51.3 Å². The maximum Gasteiger partial charge on any atom is 0.258 e. The highest BCUT2D eigenvalue weighted by Crippen LogP contribution is 2.27. The number of piperazine rings is 1. The fraction of sp³-hybridized carbons (Fsp3) is 0.478. The number of nitrogens with one attached hydrogen (secondary N) is 2. The fourth-order valence-electron chi connectivity index (χ4n) is 3.61. The second-order valence-electron chi connectivity index (χ2n) is 8.75. The zero-order chi connectivity index (χ0) is 22.4. The molecule has 0 saturated carbocycles. The lowest BCUT2D eigenvalue weighted by molar-refractivity contribution is -0.915. The van der Waals surface area contributed by atoms with Crippen LogP contribution in [0.5, 0.6) is 11.5 Å². The first kappa shape index (κ1) is 22.7. The Hall–Kier alpha value is -3.00. The first-order valence-electron chi connectivity index (χ1n) is 10.5. The molecule has 3 rings (SSSR count). The molecule has 0 atom stereocenters. The number of ether oxygens (including phenoxy) is 2. The number of hydrogen-bond donors (Lipinski definition) is 2. The molecule has 31 heavy (non-hydrogen) atoms. The summed E-state index contributed by atoms with van der Waals surface area (Å²) < 4.78 is 16.4. The first-order chi connectivity index (χ1) is 14.7. The molecule has 1 aliphatic rings. The molecular formula is C23H32N3O5+. The number of carbonyl (C=O) groups excluding carboxylic acids is 1. The van der Waals surface area contributed by atoms with E-state index in [4.69, 9.17) is 13.9 Å². The lowest BCUT2D eigenvalue weighted by Gasteiger charge is -2.34. The van der Waals surface area contributed by atoms with Crippen LogP contribution in [-0.2, 0) is 11.3 Å². The highest BCUT2D eigenvalue weighted by molar-refractivity contribution is 5.78. The van der Waals surface area contributed by atoms with E-state index in [2.05, 4.69) is 16.3 Å². The normalized spacial score (nSPS) is 14.9. The summed E-state index contributed by atoms with van der Waals surface area (Å²) in [6, 6.07) is 9.48. The number of benzene rings is 1. The predicted octanol–water partition coefficient (Wildman–Crippen LogP) is 0.847. The molecule has 168 valence electrons. The number of quaternary nitrogens is 1. The SMILES string of the molecule is COc1ccccc1N1CC[NH+](Cc2cc(=O)c(OCC(=O)NC(C)(C)C)co2)CC1. The number of rotatable bonds is 7. The number of methoxy groups -OCH3 is 1. The summed E-state index contributed by atoms with van der Waals surface area (Å²) in [5.41, 5.74) is 0.470. The van der Waals surface area contributed by atoms with Crippen LogP contribution in [0, 0.1) is 0 Å². The standard InChI is InChI=1S/C23H31N3O5/c1-23(2,3)24-22(28)16-31-21-15-30-17(13-19(21)27)14-25-9-11-26(12-10-25)18-7-5-6-8-20(18)29-4/h5-8,13,15H,9-12,14,16H2,1-4H3,(H,24,28)/p+1. The molecule has 1 aromatic carbocycles. The minimum absolute atomic E-state index is 0.0452. The van der Waals surface area contributed by atoms with Gasteiger partial charge in [-0.3, -0.25) is 9.59 Å². The van der Waals surface area contributed by atoms with Gasteiger partial charge in [0.2, 0.25) is 11.2 Å². The van der Waals surface area contributed by atoms with Crippen molar-refractivity contribution in [3.8, 4) is 11.5 Å². The van der Waals surface area contributed by atoms with Crippen molar-refractivity contribution in [2.75, 3.05) is 44.8 Å². The molecule has 0 aliphatic carbocycles. The third-order valence-electron chi connectivity index (χ3n) is 5.05. The van der Waals surface area contributed by atoms with Gasteiger partial charge in [0.15, 0.2) is 12.4 Å². The number of nitrogens with zero attached hydrogens (tertiary/aromatic N) is 1.